The SMILES string of the molecule is C=CC(=C)c1cc(OCCCCCCCC)ccc1OCCCCCCCC. The Bertz CT molecular complexity index is 547. The molecule has 0 spiro atoms. The lowest BCUT2D eigenvalue weighted by Crippen LogP contribution is -2.02. The largest absolute Gasteiger partial charge is 0.494 e. The third kappa shape index (κ3) is 10.6. The lowest BCUT2D eigenvalue weighted by atomic mass is 10.1. The van der Waals surface area contributed by atoms with E-state index in [-0.39, 0.29) is 0 Å². The van der Waals surface area contributed by atoms with Crippen LogP contribution in [0.25, 0.3) is 5.57 Å². The average Bonchev–Trinajstić information content (AvgIpc) is 2.72. The summed E-state index contributed by atoms with van der Waals surface area (Å²) in [6.07, 6.45) is 17.0. The van der Waals surface area contributed by atoms with Crippen molar-refractivity contribution in [1.29, 1.82) is 0 Å². The molecular formula is C26H42O2. The first kappa shape index (κ1) is 24.3. The van der Waals surface area contributed by atoms with Crippen molar-refractivity contribution in [2.45, 2.75) is 90.9 Å². The smallest absolute Gasteiger partial charge is 0.127 e. The van der Waals surface area contributed by atoms with E-state index >= 15 is 0 Å². The summed E-state index contributed by atoms with van der Waals surface area (Å²) in [4.78, 5) is 0. The summed E-state index contributed by atoms with van der Waals surface area (Å²) in [5.41, 5.74) is 1.87. The maximum atomic E-state index is 6.04. The molecule has 0 aliphatic rings. The molecule has 0 heterocycles. The van der Waals surface area contributed by atoms with Gasteiger partial charge in [-0.3, -0.25) is 0 Å². The molecule has 1 rings (SSSR count). The number of ether oxygens (including phenoxy) is 2. The molecule has 0 aliphatic carbocycles. The fourth-order valence-electron chi connectivity index (χ4n) is 3.22. The van der Waals surface area contributed by atoms with Crippen LogP contribution >= 0.6 is 0 Å². The first-order valence-electron chi connectivity index (χ1n) is 11.4. The van der Waals surface area contributed by atoms with Gasteiger partial charge in [0.25, 0.3) is 0 Å². The zero-order valence-electron chi connectivity index (χ0n) is 18.4. The number of unbranched alkanes of at least 4 members (excludes halogenated alkanes) is 10. The molecule has 158 valence electrons. The van der Waals surface area contributed by atoms with Gasteiger partial charge in [0.1, 0.15) is 11.5 Å². The highest BCUT2D eigenvalue weighted by Crippen LogP contribution is 2.30. The van der Waals surface area contributed by atoms with Gasteiger partial charge < -0.3 is 9.47 Å². The lowest BCUT2D eigenvalue weighted by molar-refractivity contribution is 0.295. The van der Waals surface area contributed by atoms with Crippen LogP contribution in [0.3, 0.4) is 0 Å². The minimum absolute atomic E-state index is 0.751. The maximum absolute atomic E-state index is 6.04. The van der Waals surface area contributed by atoms with E-state index in [1.54, 1.807) is 6.08 Å². The Kier molecular flexibility index (Phi) is 14.1. The van der Waals surface area contributed by atoms with Gasteiger partial charge in [-0.05, 0) is 36.6 Å². The summed E-state index contributed by atoms with van der Waals surface area (Å²) in [7, 11) is 0. The van der Waals surface area contributed by atoms with Gasteiger partial charge >= 0.3 is 0 Å². The summed E-state index contributed by atoms with van der Waals surface area (Å²) < 4.78 is 12.0. The van der Waals surface area contributed by atoms with Crippen molar-refractivity contribution >= 4 is 5.57 Å². The zero-order chi connectivity index (χ0) is 20.5. The van der Waals surface area contributed by atoms with Gasteiger partial charge in [-0.15, -0.1) is 0 Å². The molecule has 0 saturated heterocycles. The van der Waals surface area contributed by atoms with Gasteiger partial charge in [0.05, 0.1) is 13.2 Å². The van der Waals surface area contributed by atoms with Crippen LogP contribution in [-0.4, -0.2) is 13.2 Å². The minimum Gasteiger partial charge on any atom is -0.494 e. The van der Waals surface area contributed by atoms with E-state index in [4.69, 9.17) is 9.47 Å². The van der Waals surface area contributed by atoms with Gasteiger partial charge in [0, 0.05) is 5.56 Å². The maximum Gasteiger partial charge on any atom is 0.127 e. The number of hydrogen-bond donors (Lipinski definition) is 0. The molecule has 0 aromatic heterocycles. The quantitative estimate of drug-likeness (QED) is 0.186. The average molecular weight is 387 g/mol. The van der Waals surface area contributed by atoms with Crippen molar-refractivity contribution in [3.8, 4) is 11.5 Å². The van der Waals surface area contributed by atoms with Crippen molar-refractivity contribution in [2.75, 3.05) is 13.2 Å². The second kappa shape index (κ2) is 16.3. The fraction of sp³-hybridized carbons (Fsp3) is 0.615. The molecule has 2 nitrogen and oxygen atoms in total. The summed E-state index contributed by atoms with van der Waals surface area (Å²) in [6.45, 7) is 14.0. The van der Waals surface area contributed by atoms with Crippen molar-refractivity contribution in [3.05, 3.63) is 43.0 Å². The molecule has 0 fully saturated rings. The van der Waals surface area contributed by atoms with Gasteiger partial charge in [0.15, 0.2) is 0 Å². The third-order valence-corrected chi connectivity index (χ3v) is 5.07. The molecule has 1 aromatic rings. The third-order valence-electron chi connectivity index (χ3n) is 5.07. The Morgan fingerprint density at radius 2 is 1.32 bits per heavy atom. The highest BCUT2D eigenvalue weighted by molar-refractivity contribution is 5.76. The molecular weight excluding hydrogens is 344 g/mol. The van der Waals surface area contributed by atoms with E-state index < -0.39 is 0 Å². The zero-order valence-corrected chi connectivity index (χ0v) is 18.4. The second-order valence-corrected chi connectivity index (χ2v) is 7.62. The molecule has 0 unspecified atom stereocenters. The van der Waals surface area contributed by atoms with E-state index in [1.165, 1.54) is 64.2 Å². The first-order valence-corrected chi connectivity index (χ1v) is 11.4. The Labute approximate surface area is 174 Å². The Morgan fingerprint density at radius 1 is 0.786 bits per heavy atom. The standard InChI is InChI=1S/C26H42O2/c1-5-8-10-12-14-16-20-27-24-18-19-26(25(22-24)23(4)7-3)28-21-17-15-13-11-9-6-2/h7,18-19,22H,3-6,8-17,20-21H2,1-2H3. The first-order chi connectivity index (χ1) is 13.7. The lowest BCUT2D eigenvalue weighted by Gasteiger charge is -2.14. The van der Waals surface area contributed by atoms with Crippen molar-refractivity contribution in [1.82, 2.24) is 0 Å². The van der Waals surface area contributed by atoms with Gasteiger partial charge in [-0.2, -0.15) is 0 Å². The number of allylic oxidation sites excluding steroid dienone is 2. The van der Waals surface area contributed by atoms with Crippen LogP contribution in [0.5, 0.6) is 11.5 Å². The van der Waals surface area contributed by atoms with Crippen molar-refractivity contribution in [3.63, 3.8) is 0 Å². The number of benzene rings is 1. The molecule has 1 aromatic carbocycles. The summed E-state index contributed by atoms with van der Waals surface area (Å²) in [5.74, 6) is 1.77. The Balaban J connectivity index is 2.44. The molecule has 0 radical (unpaired) electrons. The van der Waals surface area contributed by atoms with E-state index in [2.05, 4.69) is 27.0 Å². The Hall–Kier alpha value is -1.70. The van der Waals surface area contributed by atoms with Crippen molar-refractivity contribution < 1.29 is 9.47 Å². The molecule has 0 saturated carbocycles. The molecule has 0 aliphatic heterocycles. The minimum atomic E-state index is 0.751. The highest BCUT2D eigenvalue weighted by atomic mass is 16.5. The van der Waals surface area contributed by atoms with Crippen LogP contribution in [0.1, 0.15) is 96.5 Å². The predicted octanol–water partition coefficient (Wildman–Crippen LogP) is 8.36. The van der Waals surface area contributed by atoms with Crippen molar-refractivity contribution in [2.24, 2.45) is 0 Å². The molecule has 0 N–H and O–H groups in total. The summed E-state index contributed by atoms with van der Waals surface area (Å²) >= 11 is 0. The highest BCUT2D eigenvalue weighted by Gasteiger charge is 2.08. The Morgan fingerprint density at radius 3 is 1.89 bits per heavy atom. The van der Waals surface area contributed by atoms with Crippen LogP contribution in [0.15, 0.2) is 37.4 Å². The normalized spacial score (nSPS) is 10.6. The van der Waals surface area contributed by atoms with Crippen LogP contribution in [0, 0.1) is 0 Å². The van der Waals surface area contributed by atoms with Crippen LogP contribution in [0.4, 0.5) is 0 Å². The molecule has 0 amide bonds. The van der Waals surface area contributed by atoms with Gasteiger partial charge in [-0.1, -0.05) is 97.3 Å². The molecule has 0 bridgehead atoms. The monoisotopic (exact) mass is 386 g/mol. The molecule has 0 atom stereocenters. The summed E-state index contributed by atoms with van der Waals surface area (Å²) in [6, 6.07) is 6.06. The second-order valence-electron chi connectivity index (χ2n) is 7.62. The van der Waals surface area contributed by atoms with Gasteiger partial charge in [-0.25, -0.2) is 0 Å². The predicted molar refractivity (Wildman–Crippen MR) is 123 cm³/mol. The van der Waals surface area contributed by atoms with E-state index in [9.17, 15) is 0 Å². The number of hydrogen-bond acceptors (Lipinski definition) is 2. The number of rotatable bonds is 18. The summed E-state index contributed by atoms with van der Waals surface area (Å²) in [5, 5.41) is 0. The molecule has 28 heavy (non-hydrogen) atoms. The molecule has 2 heteroatoms. The van der Waals surface area contributed by atoms with Crippen LogP contribution in [-0.2, 0) is 0 Å². The van der Waals surface area contributed by atoms with E-state index in [0.717, 1.165) is 48.7 Å². The topological polar surface area (TPSA) is 18.5 Å². The van der Waals surface area contributed by atoms with Gasteiger partial charge in [0.2, 0.25) is 0 Å². The van der Waals surface area contributed by atoms with Crippen LogP contribution in [0.2, 0.25) is 0 Å². The van der Waals surface area contributed by atoms with E-state index in [1.807, 2.05) is 18.2 Å². The van der Waals surface area contributed by atoms with Crippen LogP contribution < -0.4 is 9.47 Å². The van der Waals surface area contributed by atoms with E-state index in [0.29, 0.717) is 0 Å². The fourth-order valence-corrected chi connectivity index (χ4v) is 3.22.